The molecule has 1 fully saturated rings. The molecule has 0 spiro atoms. The maximum absolute atomic E-state index is 12.3. The van der Waals surface area contributed by atoms with Crippen molar-refractivity contribution in [2.24, 2.45) is 11.8 Å². The van der Waals surface area contributed by atoms with Crippen molar-refractivity contribution in [3.63, 3.8) is 0 Å². The maximum Gasteiger partial charge on any atom is 0.228 e. The molecule has 3 rings (SSSR count). The molecule has 26 heavy (non-hydrogen) atoms. The van der Waals surface area contributed by atoms with Crippen molar-refractivity contribution in [2.75, 3.05) is 12.4 Å². The van der Waals surface area contributed by atoms with Crippen molar-refractivity contribution in [3.8, 4) is 5.75 Å². The molecular weight excluding hydrogens is 352 g/mol. The van der Waals surface area contributed by atoms with Gasteiger partial charge in [-0.1, -0.05) is 29.8 Å². The van der Waals surface area contributed by atoms with Gasteiger partial charge in [0.1, 0.15) is 5.75 Å². The first kappa shape index (κ1) is 18.3. The Morgan fingerprint density at radius 3 is 2.50 bits per heavy atom. The van der Waals surface area contributed by atoms with Crippen LogP contribution in [0.15, 0.2) is 42.5 Å². The van der Waals surface area contributed by atoms with Crippen LogP contribution in [0.1, 0.15) is 17.5 Å². The molecule has 1 aliphatic carbocycles. The Kier molecular flexibility index (Phi) is 5.47. The van der Waals surface area contributed by atoms with Crippen LogP contribution in [-0.2, 0) is 16.1 Å². The summed E-state index contributed by atoms with van der Waals surface area (Å²) in [6.45, 7) is 2.33. The van der Waals surface area contributed by atoms with Crippen LogP contribution >= 0.6 is 11.6 Å². The number of carbonyl (C=O) groups is 2. The third-order valence-electron chi connectivity index (χ3n) is 4.55. The molecule has 5 nitrogen and oxygen atoms in total. The molecule has 2 aromatic carbocycles. The number of carbonyl (C=O) groups excluding carboxylic acids is 2. The molecule has 1 aliphatic rings. The highest BCUT2D eigenvalue weighted by Crippen LogP contribution is 2.40. The van der Waals surface area contributed by atoms with Gasteiger partial charge in [0, 0.05) is 17.3 Å². The lowest BCUT2D eigenvalue weighted by atomic mass is 10.2. The molecule has 2 aromatic rings. The van der Waals surface area contributed by atoms with E-state index in [1.54, 1.807) is 19.2 Å². The van der Waals surface area contributed by atoms with Gasteiger partial charge in [0.2, 0.25) is 11.8 Å². The highest BCUT2D eigenvalue weighted by Gasteiger charge is 2.47. The Labute approximate surface area is 157 Å². The van der Waals surface area contributed by atoms with Gasteiger partial charge >= 0.3 is 0 Å². The first-order valence-corrected chi connectivity index (χ1v) is 8.83. The van der Waals surface area contributed by atoms with Gasteiger partial charge in [0.15, 0.2) is 0 Å². The van der Waals surface area contributed by atoms with Crippen LogP contribution in [0.4, 0.5) is 5.69 Å². The second-order valence-corrected chi connectivity index (χ2v) is 6.90. The number of amides is 2. The van der Waals surface area contributed by atoms with E-state index in [2.05, 4.69) is 10.6 Å². The Hall–Kier alpha value is -2.53. The van der Waals surface area contributed by atoms with E-state index in [1.165, 1.54) is 0 Å². The van der Waals surface area contributed by atoms with Crippen molar-refractivity contribution in [3.05, 3.63) is 58.6 Å². The van der Waals surface area contributed by atoms with Gasteiger partial charge < -0.3 is 15.4 Å². The molecule has 2 N–H and O–H groups in total. The van der Waals surface area contributed by atoms with E-state index < -0.39 is 0 Å². The zero-order chi connectivity index (χ0) is 18.7. The summed E-state index contributed by atoms with van der Waals surface area (Å²) in [5.41, 5.74) is 2.60. The number of anilines is 1. The number of benzene rings is 2. The number of hydrogen-bond acceptors (Lipinski definition) is 3. The summed E-state index contributed by atoms with van der Waals surface area (Å²) in [4.78, 5) is 24.6. The van der Waals surface area contributed by atoms with Gasteiger partial charge in [-0.3, -0.25) is 9.59 Å². The van der Waals surface area contributed by atoms with Gasteiger partial charge in [-0.05, 0) is 48.7 Å². The van der Waals surface area contributed by atoms with Gasteiger partial charge in [0.25, 0.3) is 0 Å². The van der Waals surface area contributed by atoms with E-state index in [0.29, 0.717) is 23.7 Å². The van der Waals surface area contributed by atoms with E-state index in [0.717, 1.165) is 16.9 Å². The summed E-state index contributed by atoms with van der Waals surface area (Å²) < 4.78 is 5.11. The molecule has 1 saturated carbocycles. The van der Waals surface area contributed by atoms with E-state index in [1.807, 2.05) is 37.3 Å². The van der Waals surface area contributed by atoms with Crippen LogP contribution in [-0.4, -0.2) is 18.9 Å². The van der Waals surface area contributed by atoms with Crippen molar-refractivity contribution >= 4 is 29.1 Å². The molecule has 0 saturated heterocycles. The van der Waals surface area contributed by atoms with Crippen LogP contribution in [0.2, 0.25) is 5.02 Å². The van der Waals surface area contributed by atoms with Gasteiger partial charge in [0.05, 0.1) is 18.9 Å². The molecule has 0 aromatic heterocycles. The molecule has 2 amide bonds. The third-order valence-corrected chi connectivity index (χ3v) is 4.78. The van der Waals surface area contributed by atoms with Crippen molar-refractivity contribution in [1.29, 1.82) is 0 Å². The lowest BCUT2D eigenvalue weighted by Gasteiger charge is -2.09. The number of aryl methyl sites for hydroxylation is 1. The zero-order valence-electron chi connectivity index (χ0n) is 14.7. The number of rotatable bonds is 6. The fourth-order valence-electron chi connectivity index (χ4n) is 2.79. The second kappa shape index (κ2) is 7.79. The lowest BCUT2D eigenvalue weighted by molar-refractivity contribution is -0.125. The number of ether oxygens (including phenoxy) is 1. The lowest BCUT2D eigenvalue weighted by Crippen LogP contribution is -2.27. The van der Waals surface area contributed by atoms with Crippen LogP contribution in [0.25, 0.3) is 0 Å². The average molecular weight is 373 g/mol. The Balaban J connectivity index is 1.50. The van der Waals surface area contributed by atoms with Crippen LogP contribution in [0.5, 0.6) is 5.75 Å². The molecule has 0 bridgehead atoms. The zero-order valence-corrected chi connectivity index (χ0v) is 15.5. The van der Waals surface area contributed by atoms with Gasteiger partial charge in [-0.15, -0.1) is 0 Å². The Morgan fingerprint density at radius 1 is 1.12 bits per heavy atom. The first-order chi connectivity index (χ1) is 12.5. The largest absolute Gasteiger partial charge is 0.497 e. The number of methoxy groups -OCH3 is 1. The van der Waals surface area contributed by atoms with Crippen molar-refractivity contribution in [1.82, 2.24) is 5.32 Å². The summed E-state index contributed by atoms with van der Waals surface area (Å²) in [5, 5.41) is 6.32. The minimum absolute atomic E-state index is 0.0937. The quantitative estimate of drug-likeness (QED) is 0.814. The van der Waals surface area contributed by atoms with E-state index >= 15 is 0 Å². The second-order valence-electron chi connectivity index (χ2n) is 6.46. The number of hydrogen-bond donors (Lipinski definition) is 2. The minimum Gasteiger partial charge on any atom is -0.497 e. The summed E-state index contributed by atoms with van der Waals surface area (Å²) in [7, 11) is 1.61. The fourth-order valence-corrected chi connectivity index (χ4v) is 2.96. The molecule has 0 heterocycles. The third kappa shape index (κ3) is 4.35. The fraction of sp³-hybridized carbons (Fsp3) is 0.300. The molecule has 2 atom stereocenters. The minimum atomic E-state index is -0.288. The Bertz CT molecular complexity index is 820. The monoisotopic (exact) mass is 372 g/mol. The summed E-state index contributed by atoms with van der Waals surface area (Å²) in [6.07, 6.45) is 0.569. The number of nitrogens with one attached hydrogen (secondary N) is 2. The predicted molar refractivity (Wildman–Crippen MR) is 101 cm³/mol. The average Bonchev–Trinajstić information content (AvgIpc) is 3.44. The summed E-state index contributed by atoms with van der Waals surface area (Å²) in [6, 6.07) is 12.8. The standard InChI is InChI=1S/C20H21ClN2O3/c1-12-3-6-14(21)9-18(12)23-20(25)17-10-16(17)19(24)22-11-13-4-7-15(26-2)8-5-13/h3-9,16-17H,10-11H2,1-2H3,(H,22,24)(H,23,25). The van der Waals surface area contributed by atoms with Crippen molar-refractivity contribution in [2.45, 2.75) is 19.9 Å². The molecule has 136 valence electrons. The molecule has 0 aliphatic heterocycles. The van der Waals surface area contributed by atoms with E-state index in [-0.39, 0.29) is 23.7 Å². The number of halogens is 1. The highest BCUT2D eigenvalue weighted by atomic mass is 35.5. The summed E-state index contributed by atoms with van der Waals surface area (Å²) in [5.74, 6) is -0.0175. The van der Waals surface area contributed by atoms with Crippen LogP contribution < -0.4 is 15.4 Å². The smallest absolute Gasteiger partial charge is 0.228 e. The summed E-state index contributed by atoms with van der Waals surface area (Å²) >= 11 is 5.97. The molecule has 0 radical (unpaired) electrons. The SMILES string of the molecule is COc1ccc(CNC(=O)C2CC2C(=O)Nc2cc(Cl)ccc2C)cc1. The maximum atomic E-state index is 12.3. The van der Waals surface area contributed by atoms with Gasteiger partial charge in [-0.2, -0.15) is 0 Å². The normalized spacial score (nSPS) is 18.1. The highest BCUT2D eigenvalue weighted by molar-refractivity contribution is 6.31. The molecule has 2 unspecified atom stereocenters. The Morgan fingerprint density at radius 2 is 1.81 bits per heavy atom. The predicted octanol–water partition coefficient (Wildman–Crippen LogP) is 3.55. The van der Waals surface area contributed by atoms with E-state index in [4.69, 9.17) is 16.3 Å². The van der Waals surface area contributed by atoms with E-state index in [9.17, 15) is 9.59 Å². The van der Waals surface area contributed by atoms with Crippen LogP contribution in [0, 0.1) is 18.8 Å². The molecular formula is C20H21ClN2O3. The first-order valence-electron chi connectivity index (χ1n) is 8.45. The molecule has 6 heteroatoms. The van der Waals surface area contributed by atoms with Crippen molar-refractivity contribution < 1.29 is 14.3 Å². The topological polar surface area (TPSA) is 67.4 Å². The van der Waals surface area contributed by atoms with Gasteiger partial charge in [-0.25, -0.2) is 0 Å². The van der Waals surface area contributed by atoms with Crippen LogP contribution in [0.3, 0.4) is 0 Å².